The molecule has 4 nitrogen and oxygen atoms in total. The van der Waals surface area contributed by atoms with Crippen LogP contribution in [0.2, 0.25) is 0 Å². The molecule has 0 bridgehead atoms. The highest BCUT2D eigenvalue weighted by atomic mass is 16.7. The van der Waals surface area contributed by atoms with Gasteiger partial charge in [0.15, 0.2) is 0 Å². The minimum atomic E-state index is -1.17. The predicted octanol–water partition coefficient (Wildman–Crippen LogP) is 2.17. The van der Waals surface area contributed by atoms with Gasteiger partial charge in [0.2, 0.25) is 0 Å². The SMILES string of the molecule is CC(C)(C)CCC(=O)OC1(N)CCCCO1. The molecule has 0 aromatic heterocycles. The summed E-state index contributed by atoms with van der Waals surface area (Å²) in [5.41, 5.74) is 5.97. The van der Waals surface area contributed by atoms with Crippen LogP contribution in [0, 0.1) is 5.41 Å². The minimum Gasteiger partial charge on any atom is -0.419 e. The van der Waals surface area contributed by atoms with Gasteiger partial charge in [-0.15, -0.1) is 0 Å². The molecule has 1 rings (SSSR count). The van der Waals surface area contributed by atoms with Gasteiger partial charge >= 0.3 is 5.97 Å². The third-order valence-electron chi connectivity index (χ3n) is 2.63. The van der Waals surface area contributed by atoms with E-state index in [1.165, 1.54) is 0 Å². The molecule has 1 atom stereocenters. The number of rotatable bonds is 3. The molecule has 0 spiro atoms. The van der Waals surface area contributed by atoms with E-state index in [-0.39, 0.29) is 11.4 Å². The van der Waals surface area contributed by atoms with Crippen LogP contribution in [0.1, 0.15) is 52.9 Å². The Hall–Kier alpha value is -0.610. The van der Waals surface area contributed by atoms with Crippen LogP contribution in [0.3, 0.4) is 0 Å². The number of esters is 1. The number of hydrogen-bond acceptors (Lipinski definition) is 4. The average Bonchev–Trinajstić information content (AvgIpc) is 2.14. The molecule has 1 heterocycles. The molecule has 0 aromatic carbocycles. The second kappa shape index (κ2) is 5.15. The van der Waals surface area contributed by atoms with E-state index in [2.05, 4.69) is 20.8 Å². The number of carbonyl (C=O) groups is 1. The second-order valence-corrected chi connectivity index (χ2v) is 5.65. The van der Waals surface area contributed by atoms with Gasteiger partial charge in [-0.05, 0) is 24.7 Å². The van der Waals surface area contributed by atoms with E-state index in [0.29, 0.717) is 19.4 Å². The zero-order valence-electron chi connectivity index (χ0n) is 10.5. The molecule has 94 valence electrons. The lowest BCUT2D eigenvalue weighted by molar-refractivity contribution is -0.244. The molecule has 0 aromatic rings. The van der Waals surface area contributed by atoms with E-state index in [0.717, 1.165) is 19.3 Å². The summed E-state index contributed by atoms with van der Waals surface area (Å²) in [7, 11) is 0. The first-order valence-electron chi connectivity index (χ1n) is 5.95. The van der Waals surface area contributed by atoms with Crippen molar-refractivity contribution in [3.8, 4) is 0 Å². The van der Waals surface area contributed by atoms with Crippen LogP contribution in [0.15, 0.2) is 0 Å². The first-order valence-corrected chi connectivity index (χ1v) is 5.95. The summed E-state index contributed by atoms with van der Waals surface area (Å²) < 4.78 is 10.5. The summed E-state index contributed by atoms with van der Waals surface area (Å²) in [6.45, 7) is 6.85. The Morgan fingerprint density at radius 2 is 2.12 bits per heavy atom. The fourth-order valence-corrected chi connectivity index (χ4v) is 1.59. The second-order valence-electron chi connectivity index (χ2n) is 5.65. The fourth-order valence-electron chi connectivity index (χ4n) is 1.59. The monoisotopic (exact) mass is 229 g/mol. The summed E-state index contributed by atoms with van der Waals surface area (Å²) in [4.78, 5) is 11.6. The molecular formula is C12H23NO3. The van der Waals surface area contributed by atoms with Gasteiger partial charge in [0.1, 0.15) is 0 Å². The molecule has 0 amide bonds. The number of hydrogen-bond donors (Lipinski definition) is 1. The zero-order chi connectivity index (χ0) is 12.2. The summed E-state index contributed by atoms with van der Waals surface area (Å²) in [5, 5.41) is 0. The van der Waals surface area contributed by atoms with E-state index in [1.807, 2.05) is 0 Å². The van der Waals surface area contributed by atoms with Crippen molar-refractivity contribution in [2.45, 2.75) is 58.8 Å². The van der Waals surface area contributed by atoms with E-state index >= 15 is 0 Å². The van der Waals surface area contributed by atoms with Crippen LogP contribution in [-0.2, 0) is 14.3 Å². The molecule has 0 saturated carbocycles. The molecule has 1 aliphatic heterocycles. The Bertz CT molecular complexity index is 239. The zero-order valence-corrected chi connectivity index (χ0v) is 10.5. The van der Waals surface area contributed by atoms with Crippen LogP contribution in [0.5, 0.6) is 0 Å². The van der Waals surface area contributed by atoms with Gasteiger partial charge in [-0.25, -0.2) is 0 Å². The maximum Gasteiger partial charge on any atom is 0.309 e. The van der Waals surface area contributed by atoms with Crippen molar-refractivity contribution >= 4 is 5.97 Å². The first-order chi connectivity index (χ1) is 7.31. The molecule has 2 N–H and O–H groups in total. The van der Waals surface area contributed by atoms with Crippen molar-refractivity contribution in [1.82, 2.24) is 0 Å². The highest BCUT2D eigenvalue weighted by Gasteiger charge is 2.33. The van der Waals surface area contributed by atoms with Gasteiger partial charge in [-0.1, -0.05) is 20.8 Å². The highest BCUT2D eigenvalue weighted by molar-refractivity contribution is 5.69. The number of carbonyl (C=O) groups excluding carboxylic acids is 1. The van der Waals surface area contributed by atoms with Gasteiger partial charge in [0.25, 0.3) is 5.91 Å². The number of ether oxygens (including phenoxy) is 2. The van der Waals surface area contributed by atoms with E-state index in [1.54, 1.807) is 0 Å². The molecule has 1 fully saturated rings. The summed E-state index contributed by atoms with van der Waals surface area (Å²) in [5.74, 6) is -1.44. The fraction of sp³-hybridized carbons (Fsp3) is 0.917. The molecule has 0 aliphatic carbocycles. The van der Waals surface area contributed by atoms with E-state index < -0.39 is 5.91 Å². The lowest BCUT2D eigenvalue weighted by Crippen LogP contribution is -2.49. The molecule has 1 unspecified atom stereocenters. The van der Waals surface area contributed by atoms with Gasteiger partial charge in [-0.3, -0.25) is 10.5 Å². The average molecular weight is 229 g/mol. The van der Waals surface area contributed by atoms with Crippen molar-refractivity contribution in [3.63, 3.8) is 0 Å². The Balaban J connectivity index is 2.33. The van der Waals surface area contributed by atoms with E-state index in [4.69, 9.17) is 15.2 Å². The van der Waals surface area contributed by atoms with Crippen molar-refractivity contribution in [3.05, 3.63) is 0 Å². The first kappa shape index (κ1) is 13.5. The molecule has 4 heteroatoms. The van der Waals surface area contributed by atoms with Crippen molar-refractivity contribution in [1.29, 1.82) is 0 Å². The quantitative estimate of drug-likeness (QED) is 0.595. The number of nitrogens with two attached hydrogens (primary N) is 1. The van der Waals surface area contributed by atoms with Crippen LogP contribution in [0.25, 0.3) is 0 Å². The van der Waals surface area contributed by atoms with Crippen LogP contribution >= 0.6 is 0 Å². The van der Waals surface area contributed by atoms with Crippen LogP contribution in [0.4, 0.5) is 0 Å². The van der Waals surface area contributed by atoms with Crippen molar-refractivity contribution in [2.75, 3.05) is 6.61 Å². The summed E-state index contributed by atoms with van der Waals surface area (Å²) in [6.07, 6.45) is 3.71. The predicted molar refractivity (Wildman–Crippen MR) is 61.5 cm³/mol. The summed E-state index contributed by atoms with van der Waals surface area (Å²) in [6, 6.07) is 0. The van der Waals surface area contributed by atoms with Crippen molar-refractivity contribution < 1.29 is 14.3 Å². The summed E-state index contributed by atoms with van der Waals surface area (Å²) >= 11 is 0. The lowest BCUT2D eigenvalue weighted by atomic mass is 9.91. The Morgan fingerprint density at radius 3 is 2.62 bits per heavy atom. The topological polar surface area (TPSA) is 61.5 Å². The Kier molecular flexibility index (Phi) is 4.33. The van der Waals surface area contributed by atoms with Crippen molar-refractivity contribution in [2.24, 2.45) is 11.1 Å². The van der Waals surface area contributed by atoms with Gasteiger partial charge in [0, 0.05) is 12.8 Å². The van der Waals surface area contributed by atoms with Gasteiger partial charge in [0.05, 0.1) is 6.61 Å². The molecule has 1 aliphatic rings. The normalized spacial score (nSPS) is 26.5. The minimum absolute atomic E-state index is 0.133. The van der Waals surface area contributed by atoms with Gasteiger partial charge < -0.3 is 9.47 Å². The maximum atomic E-state index is 11.6. The Labute approximate surface area is 97.5 Å². The largest absolute Gasteiger partial charge is 0.419 e. The highest BCUT2D eigenvalue weighted by Crippen LogP contribution is 2.24. The van der Waals surface area contributed by atoms with E-state index in [9.17, 15) is 4.79 Å². The molecular weight excluding hydrogens is 206 g/mol. The molecule has 16 heavy (non-hydrogen) atoms. The lowest BCUT2D eigenvalue weighted by Gasteiger charge is -2.32. The smallest absolute Gasteiger partial charge is 0.309 e. The third kappa shape index (κ3) is 4.94. The van der Waals surface area contributed by atoms with Gasteiger partial charge in [-0.2, -0.15) is 0 Å². The van der Waals surface area contributed by atoms with Crippen LogP contribution in [-0.4, -0.2) is 18.5 Å². The van der Waals surface area contributed by atoms with Crippen LogP contribution < -0.4 is 5.73 Å². The maximum absolute atomic E-state index is 11.6. The standard InChI is InChI=1S/C12H23NO3/c1-11(2,3)8-6-10(14)16-12(13)7-4-5-9-15-12/h4-9,13H2,1-3H3. The molecule has 0 radical (unpaired) electrons. The molecule has 1 saturated heterocycles. The third-order valence-corrected chi connectivity index (χ3v) is 2.63. The Morgan fingerprint density at radius 1 is 1.44 bits per heavy atom.